The number of benzene rings is 2. The van der Waals surface area contributed by atoms with Crippen LogP contribution >= 0.6 is 0 Å². The lowest BCUT2D eigenvalue weighted by Gasteiger charge is -2.40. The van der Waals surface area contributed by atoms with E-state index in [0.717, 1.165) is 18.2 Å². The summed E-state index contributed by atoms with van der Waals surface area (Å²) in [5.74, 6) is -2.54. The van der Waals surface area contributed by atoms with E-state index in [-0.39, 0.29) is 11.2 Å². The van der Waals surface area contributed by atoms with Crippen molar-refractivity contribution in [3.63, 3.8) is 0 Å². The Morgan fingerprint density at radius 1 is 0.867 bits per heavy atom. The van der Waals surface area contributed by atoms with Gasteiger partial charge < -0.3 is 50.0 Å². The quantitative estimate of drug-likeness (QED) is 0.191. The van der Waals surface area contributed by atoms with E-state index in [1.54, 1.807) is 0 Å². The van der Waals surface area contributed by atoms with Crippen molar-refractivity contribution in [2.75, 3.05) is 6.61 Å². The number of ether oxygens (including phenoxy) is 1. The van der Waals surface area contributed by atoms with Crippen LogP contribution in [-0.2, 0) is 4.74 Å². The van der Waals surface area contributed by atoms with E-state index < -0.39 is 81.9 Å². The van der Waals surface area contributed by atoms with Crippen molar-refractivity contribution >= 4 is 21.9 Å². The van der Waals surface area contributed by atoms with Crippen molar-refractivity contribution in [1.29, 1.82) is 0 Å². The molecule has 1 aliphatic heterocycles. The summed E-state index contributed by atoms with van der Waals surface area (Å²) in [7, 11) is 0. The average Bonchev–Trinajstić information content (AvgIpc) is 2.70. The predicted molar refractivity (Wildman–Crippen MR) is 99.4 cm³/mol. The van der Waals surface area contributed by atoms with Crippen LogP contribution in [0, 0.1) is 0 Å². The van der Waals surface area contributed by atoms with Gasteiger partial charge in [0.15, 0.2) is 11.3 Å². The molecule has 160 valence electrons. The maximum Gasteiger partial charge on any atom is 0.208 e. The molecule has 5 atom stereocenters. The number of hydrogen-bond donors (Lipinski definition) is 8. The second-order valence-corrected chi connectivity index (χ2v) is 7.02. The summed E-state index contributed by atoms with van der Waals surface area (Å²) in [6, 6.07) is 3.07. The third-order valence-electron chi connectivity index (χ3n) is 5.24. The molecule has 30 heavy (non-hydrogen) atoms. The van der Waals surface area contributed by atoms with Crippen LogP contribution in [0.1, 0.15) is 11.7 Å². The molecule has 0 radical (unpaired) electrons. The minimum absolute atomic E-state index is 0.336. The molecule has 8 N–H and O–H groups in total. The lowest BCUT2D eigenvalue weighted by molar-refractivity contribution is -0.232. The number of aromatic hydroxyl groups is 4. The van der Waals surface area contributed by atoms with Gasteiger partial charge in [-0.15, -0.1) is 0 Å². The van der Waals surface area contributed by atoms with E-state index in [4.69, 9.17) is 9.15 Å². The van der Waals surface area contributed by atoms with Crippen LogP contribution in [0.5, 0.6) is 23.0 Å². The van der Waals surface area contributed by atoms with Gasteiger partial charge in [-0.25, -0.2) is 0 Å². The summed E-state index contributed by atoms with van der Waals surface area (Å²) in [6.07, 6.45) is -8.24. The number of aliphatic hydroxyl groups is 4. The number of fused-ring (bicyclic) bond motifs is 2. The zero-order valence-electron chi connectivity index (χ0n) is 15.1. The first-order chi connectivity index (χ1) is 14.2. The van der Waals surface area contributed by atoms with Crippen molar-refractivity contribution in [3.8, 4) is 23.0 Å². The van der Waals surface area contributed by atoms with Gasteiger partial charge in [0.25, 0.3) is 0 Å². The minimum Gasteiger partial charge on any atom is -0.507 e. The van der Waals surface area contributed by atoms with Gasteiger partial charge in [0.1, 0.15) is 64.1 Å². The van der Waals surface area contributed by atoms with E-state index in [1.165, 1.54) is 0 Å². The van der Waals surface area contributed by atoms with Crippen molar-refractivity contribution in [2.45, 2.75) is 30.5 Å². The second-order valence-electron chi connectivity index (χ2n) is 7.02. The highest BCUT2D eigenvalue weighted by molar-refractivity contribution is 5.99. The summed E-state index contributed by atoms with van der Waals surface area (Å²) < 4.78 is 10.7. The van der Waals surface area contributed by atoms with Crippen molar-refractivity contribution in [2.24, 2.45) is 0 Å². The Morgan fingerprint density at radius 3 is 2.20 bits per heavy atom. The third kappa shape index (κ3) is 2.75. The molecule has 1 aliphatic rings. The lowest BCUT2D eigenvalue weighted by Crippen LogP contribution is -2.55. The van der Waals surface area contributed by atoms with Crippen LogP contribution in [-0.4, -0.2) is 71.9 Å². The molecule has 0 amide bonds. The van der Waals surface area contributed by atoms with Crippen LogP contribution in [0.3, 0.4) is 0 Å². The van der Waals surface area contributed by atoms with Gasteiger partial charge in [-0.1, -0.05) is 0 Å². The first kappa shape index (κ1) is 20.2. The van der Waals surface area contributed by atoms with Gasteiger partial charge in [0.2, 0.25) is 5.43 Å². The molecule has 0 aliphatic carbocycles. The van der Waals surface area contributed by atoms with E-state index in [1.807, 2.05) is 0 Å². The lowest BCUT2D eigenvalue weighted by atomic mass is 9.89. The highest BCUT2D eigenvalue weighted by atomic mass is 16.5. The summed E-state index contributed by atoms with van der Waals surface area (Å²) in [4.78, 5) is 12.9. The van der Waals surface area contributed by atoms with Crippen LogP contribution < -0.4 is 5.43 Å². The Kier molecular flexibility index (Phi) is 4.71. The molecule has 0 saturated carbocycles. The van der Waals surface area contributed by atoms with E-state index in [2.05, 4.69) is 0 Å². The average molecular weight is 422 g/mol. The molecule has 0 spiro atoms. The maximum absolute atomic E-state index is 12.9. The maximum atomic E-state index is 12.9. The number of phenols is 4. The van der Waals surface area contributed by atoms with Gasteiger partial charge in [0.05, 0.1) is 12.2 Å². The van der Waals surface area contributed by atoms with Gasteiger partial charge >= 0.3 is 0 Å². The molecule has 11 heteroatoms. The fraction of sp³-hybridized carbons (Fsp3) is 0.316. The second kappa shape index (κ2) is 7.00. The first-order valence-corrected chi connectivity index (χ1v) is 8.84. The summed E-state index contributed by atoms with van der Waals surface area (Å²) in [6.45, 7) is -0.740. The molecule has 11 nitrogen and oxygen atoms in total. The van der Waals surface area contributed by atoms with E-state index in [0.29, 0.717) is 0 Å². The monoisotopic (exact) mass is 422 g/mol. The van der Waals surface area contributed by atoms with Crippen molar-refractivity contribution < 1.29 is 50.0 Å². The summed E-state index contributed by atoms with van der Waals surface area (Å²) in [5.41, 5.74) is -2.14. The number of hydrogen-bond acceptors (Lipinski definition) is 11. The fourth-order valence-corrected chi connectivity index (χ4v) is 3.69. The molecular weight excluding hydrogens is 404 g/mol. The van der Waals surface area contributed by atoms with Crippen LogP contribution in [0.25, 0.3) is 21.9 Å². The van der Waals surface area contributed by atoms with Crippen molar-refractivity contribution in [1.82, 2.24) is 0 Å². The standard InChI is InChI=1S/C19H18O11/c20-4-9-13(24)16(27)17(28)19(30-9)11-7(23)3-8-12(15(11)26)14(25)10-5(21)1-2-6(22)18(10)29-8/h1-3,9,13,16-17,19-24,26-28H,4H2. The Labute approximate surface area is 166 Å². The van der Waals surface area contributed by atoms with Gasteiger partial charge in [-0.2, -0.15) is 0 Å². The summed E-state index contributed by atoms with van der Waals surface area (Å²) in [5, 5.41) is 79.7. The smallest absolute Gasteiger partial charge is 0.208 e. The molecule has 4 rings (SSSR count). The molecule has 2 heterocycles. The van der Waals surface area contributed by atoms with Crippen LogP contribution in [0.15, 0.2) is 27.4 Å². The topological polar surface area (TPSA) is 201 Å². The zero-order chi connectivity index (χ0) is 21.9. The Hall–Kier alpha value is -3.09. The number of rotatable bonds is 2. The Balaban J connectivity index is 2.01. The highest BCUT2D eigenvalue weighted by Crippen LogP contribution is 2.45. The van der Waals surface area contributed by atoms with Gasteiger partial charge in [-0.3, -0.25) is 4.79 Å². The fourth-order valence-electron chi connectivity index (χ4n) is 3.69. The largest absolute Gasteiger partial charge is 0.507 e. The molecular formula is C19H18O11. The van der Waals surface area contributed by atoms with Gasteiger partial charge in [-0.05, 0) is 12.1 Å². The van der Waals surface area contributed by atoms with Crippen molar-refractivity contribution in [3.05, 3.63) is 34.0 Å². The predicted octanol–water partition coefficient (Wildman–Crippen LogP) is -0.717. The normalized spacial score (nSPS) is 27.0. The Bertz CT molecular complexity index is 1200. The molecule has 1 fully saturated rings. The van der Waals surface area contributed by atoms with E-state index in [9.17, 15) is 45.6 Å². The third-order valence-corrected chi connectivity index (χ3v) is 5.24. The van der Waals surface area contributed by atoms with Crippen LogP contribution in [0.2, 0.25) is 0 Å². The van der Waals surface area contributed by atoms with Crippen LogP contribution in [0.4, 0.5) is 0 Å². The molecule has 1 aromatic heterocycles. The molecule has 1 saturated heterocycles. The molecule has 0 bridgehead atoms. The molecule has 2 aromatic carbocycles. The summed E-state index contributed by atoms with van der Waals surface area (Å²) >= 11 is 0. The first-order valence-electron chi connectivity index (χ1n) is 8.84. The molecule has 5 unspecified atom stereocenters. The number of aliphatic hydroxyl groups excluding tert-OH is 4. The van der Waals surface area contributed by atoms with Gasteiger partial charge in [0, 0.05) is 6.07 Å². The minimum atomic E-state index is -1.83. The SMILES string of the molecule is O=c1c2c(O)c(C3OC(CO)C(O)C(O)C3O)c(O)cc2oc2c(O)ccc(O)c12. The number of phenolic OH excluding ortho intramolecular Hbond substituents is 4. The molecule has 3 aromatic rings. The zero-order valence-corrected chi connectivity index (χ0v) is 15.1. The Morgan fingerprint density at radius 2 is 1.53 bits per heavy atom. The highest BCUT2D eigenvalue weighted by Gasteiger charge is 2.46. The van der Waals surface area contributed by atoms with E-state index >= 15 is 0 Å².